The summed E-state index contributed by atoms with van der Waals surface area (Å²) >= 11 is 0. The first kappa shape index (κ1) is 14.5. The van der Waals surface area contributed by atoms with Crippen LogP contribution < -0.4 is 10.2 Å². The van der Waals surface area contributed by atoms with Crippen molar-refractivity contribution < 1.29 is 0 Å². The standard InChI is InChI=1S/C18H23N5/c1-14-18(21-8-7-19-14)23-11-9-22(10-12-23)13-16-4-2-3-15-5-6-20-17(15)16/h2-4,7-8,20H,5-6,9-13H2,1H3. The van der Waals surface area contributed by atoms with E-state index in [-0.39, 0.29) is 0 Å². The number of nitrogens with one attached hydrogen (secondary N) is 1. The Hall–Kier alpha value is -2.14. The van der Waals surface area contributed by atoms with E-state index in [1.807, 2.05) is 6.92 Å². The van der Waals surface area contributed by atoms with Crippen LogP contribution in [0, 0.1) is 6.92 Å². The van der Waals surface area contributed by atoms with Crippen molar-refractivity contribution >= 4 is 11.5 Å². The van der Waals surface area contributed by atoms with Gasteiger partial charge in [-0.2, -0.15) is 0 Å². The van der Waals surface area contributed by atoms with E-state index in [2.05, 4.69) is 43.3 Å². The number of fused-ring (bicyclic) bond motifs is 1. The Morgan fingerprint density at radius 1 is 1.09 bits per heavy atom. The molecule has 23 heavy (non-hydrogen) atoms. The Kier molecular flexibility index (Phi) is 3.87. The first-order valence-electron chi connectivity index (χ1n) is 8.41. The van der Waals surface area contributed by atoms with Gasteiger partial charge < -0.3 is 10.2 Å². The number of para-hydroxylation sites is 1. The molecule has 0 unspecified atom stereocenters. The Balaban J connectivity index is 1.41. The fourth-order valence-corrected chi connectivity index (χ4v) is 3.61. The third kappa shape index (κ3) is 2.88. The smallest absolute Gasteiger partial charge is 0.150 e. The molecule has 0 radical (unpaired) electrons. The third-order valence-electron chi connectivity index (χ3n) is 4.85. The van der Waals surface area contributed by atoms with Crippen LogP contribution in [0.2, 0.25) is 0 Å². The molecule has 0 aliphatic carbocycles. The van der Waals surface area contributed by atoms with Crippen molar-refractivity contribution in [2.24, 2.45) is 0 Å². The van der Waals surface area contributed by atoms with Gasteiger partial charge in [0.1, 0.15) is 5.82 Å². The van der Waals surface area contributed by atoms with Crippen molar-refractivity contribution in [3.63, 3.8) is 0 Å². The predicted molar refractivity (Wildman–Crippen MR) is 92.9 cm³/mol. The van der Waals surface area contributed by atoms with Crippen LogP contribution in [0.1, 0.15) is 16.8 Å². The van der Waals surface area contributed by atoms with E-state index >= 15 is 0 Å². The fourth-order valence-electron chi connectivity index (χ4n) is 3.61. The molecule has 1 saturated heterocycles. The number of hydrogen-bond donors (Lipinski definition) is 1. The molecule has 2 aromatic rings. The second-order valence-corrected chi connectivity index (χ2v) is 6.36. The maximum absolute atomic E-state index is 4.49. The van der Waals surface area contributed by atoms with Gasteiger partial charge in [-0.15, -0.1) is 0 Å². The van der Waals surface area contributed by atoms with Crippen LogP contribution in [0.15, 0.2) is 30.6 Å². The molecular weight excluding hydrogens is 286 g/mol. The van der Waals surface area contributed by atoms with Crippen LogP contribution in [0.25, 0.3) is 0 Å². The quantitative estimate of drug-likeness (QED) is 0.940. The maximum Gasteiger partial charge on any atom is 0.150 e. The predicted octanol–water partition coefficient (Wildman–Crippen LogP) is 2.08. The number of rotatable bonds is 3. The summed E-state index contributed by atoms with van der Waals surface area (Å²) in [5.74, 6) is 1.04. The van der Waals surface area contributed by atoms with Crippen LogP contribution in [-0.2, 0) is 13.0 Å². The minimum absolute atomic E-state index is 1.02. The van der Waals surface area contributed by atoms with Crippen LogP contribution in [0.3, 0.4) is 0 Å². The lowest BCUT2D eigenvalue weighted by atomic mass is 10.1. The van der Waals surface area contributed by atoms with E-state index in [0.29, 0.717) is 0 Å². The largest absolute Gasteiger partial charge is 0.384 e. The number of anilines is 2. The van der Waals surface area contributed by atoms with Gasteiger partial charge in [0.25, 0.3) is 0 Å². The van der Waals surface area contributed by atoms with Gasteiger partial charge in [-0.3, -0.25) is 9.88 Å². The molecule has 4 rings (SSSR count). The molecule has 5 heteroatoms. The van der Waals surface area contributed by atoms with Crippen molar-refractivity contribution in [3.8, 4) is 0 Å². The van der Waals surface area contributed by atoms with E-state index in [1.54, 1.807) is 12.4 Å². The summed E-state index contributed by atoms with van der Waals surface area (Å²) in [4.78, 5) is 13.7. The molecule has 0 atom stereocenters. The van der Waals surface area contributed by atoms with E-state index < -0.39 is 0 Å². The van der Waals surface area contributed by atoms with Crippen LogP contribution >= 0.6 is 0 Å². The SMILES string of the molecule is Cc1nccnc1N1CCN(Cc2cccc3c2NCC3)CC1. The van der Waals surface area contributed by atoms with Gasteiger partial charge in [0, 0.05) is 57.3 Å². The second-order valence-electron chi connectivity index (χ2n) is 6.36. The van der Waals surface area contributed by atoms with E-state index in [9.17, 15) is 0 Å². The van der Waals surface area contributed by atoms with Crippen molar-refractivity contribution in [1.29, 1.82) is 0 Å². The Morgan fingerprint density at radius 2 is 1.91 bits per heavy atom. The molecule has 1 fully saturated rings. The average Bonchev–Trinajstić information content (AvgIpc) is 3.06. The molecule has 2 aliphatic heterocycles. The molecule has 3 heterocycles. The first-order chi connectivity index (χ1) is 11.3. The molecule has 0 bridgehead atoms. The highest BCUT2D eigenvalue weighted by Crippen LogP contribution is 2.27. The molecule has 1 aromatic carbocycles. The molecule has 5 nitrogen and oxygen atoms in total. The Labute approximate surface area is 137 Å². The molecule has 120 valence electrons. The van der Waals surface area contributed by atoms with Crippen molar-refractivity contribution in [2.45, 2.75) is 19.9 Å². The zero-order valence-electron chi connectivity index (χ0n) is 13.6. The summed E-state index contributed by atoms with van der Waals surface area (Å²) in [7, 11) is 0. The third-order valence-corrected chi connectivity index (χ3v) is 4.85. The van der Waals surface area contributed by atoms with Gasteiger partial charge in [-0.25, -0.2) is 4.98 Å². The number of piperazine rings is 1. The summed E-state index contributed by atoms with van der Waals surface area (Å²) in [6.07, 6.45) is 4.70. The molecule has 1 aromatic heterocycles. The number of aryl methyl sites for hydroxylation is 1. The lowest BCUT2D eigenvalue weighted by Crippen LogP contribution is -2.46. The molecule has 2 aliphatic rings. The topological polar surface area (TPSA) is 44.3 Å². The minimum Gasteiger partial charge on any atom is -0.384 e. The highest BCUT2D eigenvalue weighted by atomic mass is 15.3. The number of benzene rings is 1. The lowest BCUT2D eigenvalue weighted by Gasteiger charge is -2.36. The van der Waals surface area contributed by atoms with E-state index in [1.165, 1.54) is 16.8 Å². The highest BCUT2D eigenvalue weighted by molar-refractivity contribution is 5.61. The maximum atomic E-state index is 4.49. The van der Waals surface area contributed by atoms with Crippen LogP contribution in [0.4, 0.5) is 11.5 Å². The summed E-state index contributed by atoms with van der Waals surface area (Å²) in [6, 6.07) is 6.70. The van der Waals surface area contributed by atoms with Gasteiger partial charge in [0.05, 0.1) is 5.69 Å². The monoisotopic (exact) mass is 309 g/mol. The van der Waals surface area contributed by atoms with E-state index in [4.69, 9.17) is 0 Å². The minimum atomic E-state index is 1.02. The summed E-state index contributed by atoms with van der Waals surface area (Å²) < 4.78 is 0. The number of aromatic nitrogens is 2. The van der Waals surface area contributed by atoms with Gasteiger partial charge in [-0.1, -0.05) is 18.2 Å². The Morgan fingerprint density at radius 3 is 2.74 bits per heavy atom. The zero-order chi connectivity index (χ0) is 15.6. The fraction of sp³-hybridized carbons (Fsp3) is 0.444. The van der Waals surface area contributed by atoms with Crippen LogP contribution in [0.5, 0.6) is 0 Å². The molecule has 1 N–H and O–H groups in total. The molecule has 0 amide bonds. The molecule has 0 spiro atoms. The highest BCUT2D eigenvalue weighted by Gasteiger charge is 2.21. The second kappa shape index (κ2) is 6.16. The van der Waals surface area contributed by atoms with Crippen molar-refractivity contribution in [2.75, 3.05) is 42.9 Å². The average molecular weight is 309 g/mol. The van der Waals surface area contributed by atoms with Gasteiger partial charge in [-0.05, 0) is 24.5 Å². The Bertz CT molecular complexity index is 692. The molecular formula is C18H23N5. The first-order valence-corrected chi connectivity index (χ1v) is 8.41. The van der Waals surface area contributed by atoms with Crippen LogP contribution in [-0.4, -0.2) is 47.6 Å². The molecule has 0 saturated carbocycles. The summed E-state index contributed by atoms with van der Waals surface area (Å²) in [5.41, 5.74) is 5.30. The van der Waals surface area contributed by atoms with Gasteiger partial charge >= 0.3 is 0 Å². The number of nitrogens with zero attached hydrogens (tertiary/aromatic N) is 4. The number of hydrogen-bond acceptors (Lipinski definition) is 5. The lowest BCUT2D eigenvalue weighted by molar-refractivity contribution is 0.249. The zero-order valence-corrected chi connectivity index (χ0v) is 13.6. The van der Waals surface area contributed by atoms with Crippen molar-refractivity contribution in [3.05, 3.63) is 47.4 Å². The van der Waals surface area contributed by atoms with E-state index in [0.717, 1.165) is 57.2 Å². The van der Waals surface area contributed by atoms with Gasteiger partial charge in [0.15, 0.2) is 0 Å². The normalized spacial score (nSPS) is 17.9. The summed E-state index contributed by atoms with van der Waals surface area (Å²) in [6.45, 7) is 8.31. The summed E-state index contributed by atoms with van der Waals surface area (Å²) in [5, 5.41) is 3.55. The van der Waals surface area contributed by atoms with Crippen molar-refractivity contribution in [1.82, 2.24) is 14.9 Å². The van der Waals surface area contributed by atoms with Gasteiger partial charge in [0.2, 0.25) is 0 Å².